The number of likely N-dealkylation sites (tertiary alicyclic amines) is 1. The third-order valence-electron chi connectivity index (χ3n) is 8.16. The molecule has 0 radical (unpaired) electrons. The molecule has 0 atom stereocenters. The van der Waals surface area contributed by atoms with Crippen LogP contribution in [-0.2, 0) is 30.8 Å². The Morgan fingerprint density at radius 2 is 1.78 bits per heavy atom. The van der Waals surface area contributed by atoms with E-state index in [-0.39, 0.29) is 5.91 Å². The summed E-state index contributed by atoms with van der Waals surface area (Å²) in [6, 6.07) is 7.17. The molecule has 37 heavy (non-hydrogen) atoms. The highest BCUT2D eigenvalue weighted by molar-refractivity contribution is 5.87. The summed E-state index contributed by atoms with van der Waals surface area (Å²) in [5.41, 5.74) is 6.41. The van der Waals surface area contributed by atoms with Crippen molar-refractivity contribution in [2.75, 3.05) is 69.4 Å². The van der Waals surface area contributed by atoms with E-state index < -0.39 is 0 Å². The average Bonchev–Trinajstić information content (AvgIpc) is 3.61. The number of fused-ring (bicyclic) bond motifs is 2. The van der Waals surface area contributed by atoms with Gasteiger partial charge in [0.1, 0.15) is 12.5 Å². The van der Waals surface area contributed by atoms with E-state index >= 15 is 0 Å². The maximum absolute atomic E-state index is 12.1. The SMILES string of the molecule is C=CC(=O)N1CCN(c2nc(OCN3CCCC3)nc3c2CN(c2cccc4c2CN(C)CC4)C3)CC1. The number of ether oxygens (including phenoxy) is 1. The molecule has 6 rings (SSSR count). The van der Waals surface area contributed by atoms with E-state index in [9.17, 15) is 4.79 Å². The van der Waals surface area contributed by atoms with Gasteiger partial charge in [-0.05, 0) is 49.6 Å². The van der Waals surface area contributed by atoms with E-state index in [2.05, 4.69) is 51.4 Å². The summed E-state index contributed by atoms with van der Waals surface area (Å²) in [5.74, 6) is 0.948. The number of anilines is 2. The van der Waals surface area contributed by atoms with Crippen molar-refractivity contribution in [3.05, 3.63) is 53.2 Å². The van der Waals surface area contributed by atoms with Crippen molar-refractivity contribution < 1.29 is 9.53 Å². The molecular weight excluding hydrogens is 466 g/mol. The maximum atomic E-state index is 12.1. The largest absolute Gasteiger partial charge is 0.447 e. The van der Waals surface area contributed by atoms with Gasteiger partial charge in [0, 0.05) is 70.2 Å². The van der Waals surface area contributed by atoms with Gasteiger partial charge in [-0.3, -0.25) is 9.69 Å². The summed E-state index contributed by atoms with van der Waals surface area (Å²) in [6.45, 7) is 12.7. The topological polar surface area (TPSA) is 68.3 Å². The number of hydrogen-bond donors (Lipinski definition) is 0. The predicted molar refractivity (Wildman–Crippen MR) is 144 cm³/mol. The lowest BCUT2D eigenvalue weighted by atomic mass is 9.98. The number of carbonyl (C=O) groups is 1. The molecule has 4 aliphatic rings. The average molecular weight is 504 g/mol. The number of aromatic nitrogens is 2. The first-order valence-corrected chi connectivity index (χ1v) is 13.5. The summed E-state index contributed by atoms with van der Waals surface area (Å²) in [5, 5.41) is 0. The second-order valence-electron chi connectivity index (χ2n) is 10.6. The van der Waals surface area contributed by atoms with Crippen LogP contribution in [0.1, 0.15) is 35.2 Å². The van der Waals surface area contributed by atoms with Crippen molar-refractivity contribution >= 4 is 17.4 Å². The Morgan fingerprint density at radius 1 is 0.973 bits per heavy atom. The van der Waals surface area contributed by atoms with Gasteiger partial charge in [-0.1, -0.05) is 18.7 Å². The van der Waals surface area contributed by atoms with Crippen molar-refractivity contribution in [2.45, 2.75) is 38.9 Å². The van der Waals surface area contributed by atoms with Crippen molar-refractivity contribution in [1.82, 2.24) is 24.7 Å². The highest BCUT2D eigenvalue weighted by atomic mass is 16.5. The lowest BCUT2D eigenvalue weighted by Crippen LogP contribution is -2.48. The van der Waals surface area contributed by atoms with Crippen LogP contribution in [0.4, 0.5) is 11.5 Å². The second-order valence-corrected chi connectivity index (χ2v) is 10.6. The van der Waals surface area contributed by atoms with Crippen molar-refractivity contribution in [2.24, 2.45) is 0 Å². The van der Waals surface area contributed by atoms with Crippen LogP contribution in [0.5, 0.6) is 6.01 Å². The number of nitrogens with zero attached hydrogens (tertiary/aromatic N) is 7. The lowest BCUT2D eigenvalue weighted by molar-refractivity contribution is -0.126. The number of likely N-dealkylation sites (N-methyl/N-ethyl adjacent to an activating group) is 1. The minimum absolute atomic E-state index is 0.00723. The molecule has 0 N–H and O–H groups in total. The van der Waals surface area contributed by atoms with Crippen LogP contribution in [0.15, 0.2) is 30.9 Å². The van der Waals surface area contributed by atoms with Crippen LogP contribution in [0.2, 0.25) is 0 Å². The van der Waals surface area contributed by atoms with E-state index in [1.54, 1.807) is 0 Å². The smallest absolute Gasteiger partial charge is 0.320 e. The molecular formula is C28H37N7O2. The van der Waals surface area contributed by atoms with Crippen molar-refractivity contribution in [3.8, 4) is 6.01 Å². The Balaban J connectivity index is 1.28. The molecule has 0 spiro atoms. The molecule has 0 saturated carbocycles. The van der Waals surface area contributed by atoms with E-state index in [0.29, 0.717) is 25.8 Å². The van der Waals surface area contributed by atoms with Crippen LogP contribution < -0.4 is 14.5 Å². The molecule has 9 heteroatoms. The molecule has 1 aromatic carbocycles. The number of amides is 1. The van der Waals surface area contributed by atoms with Crippen LogP contribution >= 0.6 is 0 Å². The quantitative estimate of drug-likeness (QED) is 0.556. The molecule has 2 fully saturated rings. The highest BCUT2D eigenvalue weighted by Crippen LogP contribution is 2.37. The number of carbonyl (C=O) groups excluding carboxylic acids is 1. The molecule has 1 amide bonds. The minimum atomic E-state index is -0.00723. The first-order valence-electron chi connectivity index (χ1n) is 13.5. The van der Waals surface area contributed by atoms with Gasteiger partial charge in [0.25, 0.3) is 0 Å². The van der Waals surface area contributed by atoms with E-state index in [0.717, 1.165) is 70.3 Å². The van der Waals surface area contributed by atoms with Crippen LogP contribution in [0.3, 0.4) is 0 Å². The molecule has 0 aliphatic carbocycles. The van der Waals surface area contributed by atoms with Gasteiger partial charge in [-0.2, -0.15) is 9.97 Å². The predicted octanol–water partition coefficient (Wildman–Crippen LogP) is 2.25. The van der Waals surface area contributed by atoms with E-state index in [1.165, 1.54) is 41.3 Å². The molecule has 1 aromatic heterocycles. The third-order valence-corrected chi connectivity index (χ3v) is 8.16. The number of rotatable bonds is 6. The summed E-state index contributed by atoms with van der Waals surface area (Å²) >= 11 is 0. The Morgan fingerprint density at radius 3 is 2.57 bits per heavy atom. The zero-order valence-corrected chi connectivity index (χ0v) is 21.9. The van der Waals surface area contributed by atoms with E-state index in [1.807, 2.05) is 4.90 Å². The minimum Gasteiger partial charge on any atom is -0.447 e. The van der Waals surface area contributed by atoms with Gasteiger partial charge in [0.15, 0.2) is 0 Å². The van der Waals surface area contributed by atoms with Gasteiger partial charge >= 0.3 is 6.01 Å². The monoisotopic (exact) mass is 503 g/mol. The molecule has 4 aliphatic heterocycles. The zero-order chi connectivity index (χ0) is 25.4. The normalized spacial score (nSPS) is 20.2. The summed E-state index contributed by atoms with van der Waals surface area (Å²) in [4.78, 5) is 33.3. The number of piperazine rings is 1. The summed E-state index contributed by atoms with van der Waals surface area (Å²) in [7, 11) is 2.20. The van der Waals surface area contributed by atoms with Gasteiger partial charge < -0.3 is 24.3 Å². The molecule has 0 unspecified atom stereocenters. The molecule has 5 heterocycles. The number of hydrogen-bond acceptors (Lipinski definition) is 8. The van der Waals surface area contributed by atoms with Gasteiger partial charge in [0.2, 0.25) is 5.91 Å². The first kappa shape index (κ1) is 24.2. The third kappa shape index (κ3) is 4.90. The Hall–Kier alpha value is -3.17. The van der Waals surface area contributed by atoms with Crippen LogP contribution in [0, 0.1) is 0 Å². The number of benzene rings is 1. The lowest BCUT2D eigenvalue weighted by Gasteiger charge is -2.35. The molecule has 2 aromatic rings. The fourth-order valence-electron chi connectivity index (χ4n) is 6.03. The van der Waals surface area contributed by atoms with Crippen LogP contribution in [-0.4, -0.2) is 90.2 Å². The highest BCUT2D eigenvalue weighted by Gasteiger charge is 2.32. The Labute approximate surface area is 219 Å². The Kier molecular flexibility index (Phi) is 6.73. The van der Waals surface area contributed by atoms with Crippen LogP contribution in [0.25, 0.3) is 0 Å². The fraction of sp³-hybridized carbons (Fsp3) is 0.536. The molecule has 0 bridgehead atoms. The van der Waals surface area contributed by atoms with E-state index in [4.69, 9.17) is 14.7 Å². The standard InChI is InChI=1S/C28H37N7O2/c1-3-26(36)33-13-15-34(16-14-33)27-23-18-35(25-8-6-7-21-9-12-31(2)17-22(21)25)19-24(23)29-28(30-27)37-20-32-10-4-5-11-32/h3,6-8H,1,4-5,9-20H2,2H3. The van der Waals surface area contributed by atoms with Gasteiger partial charge in [-0.25, -0.2) is 0 Å². The maximum Gasteiger partial charge on any atom is 0.320 e. The molecule has 196 valence electrons. The fourth-order valence-corrected chi connectivity index (χ4v) is 6.03. The Bertz CT molecular complexity index is 1170. The van der Waals surface area contributed by atoms with Gasteiger partial charge in [-0.15, -0.1) is 0 Å². The van der Waals surface area contributed by atoms with Crippen molar-refractivity contribution in [1.29, 1.82) is 0 Å². The van der Waals surface area contributed by atoms with Crippen molar-refractivity contribution in [3.63, 3.8) is 0 Å². The first-order chi connectivity index (χ1) is 18.1. The molecule has 2 saturated heterocycles. The zero-order valence-electron chi connectivity index (χ0n) is 21.9. The second kappa shape index (κ2) is 10.3. The van der Waals surface area contributed by atoms with Gasteiger partial charge in [0.05, 0.1) is 12.2 Å². The molecule has 9 nitrogen and oxygen atoms in total. The summed E-state index contributed by atoms with van der Waals surface area (Å²) in [6.07, 6.45) is 4.93. The summed E-state index contributed by atoms with van der Waals surface area (Å²) < 4.78 is 6.14.